The third-order valence-corrected chi connectivity index (χ3v) is 8.03. The molecule has 0 aliphatic carbocycles. The zero-order chi connectivity index (χ0) is 30.0. The highest BCUT2D eigenvalue weighted by molar-refractivity contribution is 7.18. The van der Waals surface area contributed by atoms with Crippen molar-refractivity contribution in [1.29, 1.82) is 0 Å². The zero-order valence-corrected chi connectivity index (χ0v) is 27.3. The van der Waals surface area contributed by atoms with Gasteiger partial charge in [-0.3, -0.25) is 10.1 Å². The van der Waals surface area contributed by atoms with Crippen LogP contribution in [0.1, 0.15) is 157 Å². The van der Waals surface area contributed by atoms with Crippen LogP contribution >= 0.6 is 11.3 Å². The van der Waals surface area contributed by atoms with Crippen molar-refractivity contribution in [3.63, 3.8) is 0 Å². The number of amides is 3. The molecule has 0 aliphatic rings. The highest BCUT2D eigenvalue weighted by Crippen LogP contribution is 2.35. The molecule has 230 valence electrons. The molecule has 1 aromatic heterocycles. The fourth-order valence-corrected chi connectivity index (χ4v) is 5.71. The van der Waals surface area contributed by atoms with Crippen LogP contribution in [0.3, 0.4) is 0 Å². The molecule has 0 fully saturated rings. The molecule has 0 radical (unpaired) electrons. The predicted molar refractivity (Wildman–Crippen MR) is 169 cm³/mol. The third-order valence-electron chi connectivity index (χ3n) is 6.84. The maximum Gasteiger partial charge on any atom is 0.341 e. The molecule has 0 spiro atoms. The van der Waals surface area contributed by atoms with E-state index in [9.17, 15) is 14.4 Å². The van der Waals surface area contributed by atoms with Crippen molar-refractivity contribution < 1.29 is 19.1 Å². The number of carbonyl (C=O) groups excluding carboxylic acids is 3. The minimum absolute atomic E-state index is 0.0687. The van der Waals surface area contributed by atoms with E-state index in [1.807, 2.05) is 25.7 Å². The molecule has 40 heavy (non-hydrogen) atoms. The molecule has 0 saturated heterocycles. The molecular formula is C32H57N3O4S. The van der Waals surface area contributed by atoms with Gasteiger partial charge in [-0.2, -0.15) is 0 Å². The van der Waals surface area contributed by atoms with Crippen molar-refractivity contribution in [2.45, 2.75) is 144 Å². The Bertz CT molecular complexity index is 879. The van der Waals surface area contributed by atoms with E-state index in [1.54, 1.807) is 6.92 Å². The topological polar surface area (TPSA) is 87.7 Å². The van der Waals surface area contributed by atoms with E-state index in [1.165, 1.54) is 37.0 Å². The van der Waals surface area contributed by atoms with Crippen molar-refractivity contribution >= 4 is 34.2 Å². The molecule has 2 N–H and O–H groups in total. The average molecular weight is 580 g/mol. The summed E-state index contributed by atoms with van der Waals surface area (Å²) < 4.78 is 5.68. The molecular weight excluding hydrogens is 522 g/mol. The Labute approximate surface area is 248 Å². The SMILES string of the molecule is CCCCCCCCNC(=O)Nc1sc(C(=O)N(CCCCCC)CCCCCC)c(C)c1C(=O)OC(C)(C)C. The molecule has 0 aliphatic heterocycles. The molecule has 1 aromatic rings. The lowest BCUT2D eigenvalue weighted by Crippen LogP contribution is -2.33. The second-order valence-electron chi connectivity index (χ2n) is 11.8. The Hall–Kier alpha value is -2.09. The number of rotatable bonds is 20. The normalized spacial score (nSPS) is 11.4. The number of hydrogen-bond donors (Lipinski definition) is 2. The van der Waals surface area contributed by atoms with Crippen molar-refractivity contribution in [1.82, 2.24) is 10.2 Å². The lowest BCUT2D eigenvalue weighted by atomic mass is 10.1. The summed E-state index contributed by atoms with van der Waals surface area (Å²) in [6.07, 6.45) is 15.5. The van der Waals surface area contributed by atoms with Crippen molar-refractivity contribution in [3.05, 3.63) is 16.0 Å². The first kappa shape index (κ1) is 35.9. The van der Waals surface area contributed by atoms with Crippen LogP contribution in [0.5, 0.6) is 0 Å². The van der Waals surface area contributed by atoms with Gasteiger partial charge in [0.25, 0.3) is 5.91 Å². The number of unbranched alkanes of at least 4 members (excludes halogenated alkanes) is 11. The first-order valence-electron chi connectivity index (χ1n) is 15.8. The van der Waals surface area contributed by atoms with Gasteiger partial charge in [0.05, 0.1) is 10.4 Å². The maximum absolute atomic E-state index is 13.8. The van der Waals surface area contributed by atoms with Gasteiger partial charge in [0.1, 0.15) is 10.6 Å². The number of esters is 1. The summed E-state index contributed by atoms with van der Waals surface area (Å²) in [6.45, 7) is 15.7. The Morgan fingerprint density at radius 3 is 1.80 bits per heavy atom. The number of carbonyl (C=O) groups is 3. The van der Waals surface area contributed by atoms with Gasteiger partial charge in [-0.05, 0) is 52.5 Å². The zero-order valence-electron chi connectivity index (χ0n) is 26.5. The van der Waals surface area contributed by atoms with Crippen LogP contribution < -0.4 is 10.6 Å². The van der Waals surface area contributed by atoms with Crippen LogP contribution in [0.2, 0.25) is 0 Å². The van der Waals surface area contributed by atoms with Crippen LogP contribution in [0, 0.1) is 6.92 Å². The minimum Gasteiger partial charge on any atom is -0.456 e. The van der Waals surface area contributed by atoms with Crippen molar-refractivity contribution in [2.75, 3.05) is 25.0 Å². The third kappa shape index (κ3) is 14.0. The Morgan fingerprint density at radius 1 is 0.775 bits per heavy atom. The van der Waals surface area contributed by atoms with Gasteiger partial charge in [0.2, 0.25) is 0 Å². The second-order valence-corrected chi connectivity index (χ2v) is 12.8. The summed E-state index contributed by atoms with van der Waals surface area (Å²) in [5, 5.41) is 6.13. The highest BCUT2D eigenvalue weighted by atomic mass is 32.1. The molecule has 3 amide bonds. The molecule has 0 atom stereocenters. The van der Waals surface area contributed by atoms with E-state index < -0.39 is 11.6 Å². The monoisotopic (exact) mass is 579 g/mol. The molecule has 0 unspecified atom stereocenters. The Balaban J connectivity index is 3.10. The number of thiophene rings is 1. The fraction of sp³-hybridized carbons (Fsp3) is 0.781. The number of nitrogens with zero attached hydrogens (tertiary/aromatic N) is 1. The summed E-state index contributed by atoms with van der Waals surface area (Å²) in [6, 6.07) is -0.366. The number of urea groups is 1. The molecule has 1 heterocycles. The van der Waals surface area contributed by atoms with Gasteiger partial charge in [-0.25, -0.2) is 9.59 Å². The maximum atomic E-state index is 13.8. The number of anilines is 1. The van der Waals surface area contributed by atoms with Gasteiger partial charge in [-0.1, -0.05) is 91.4 Å². The standard InChI is InChI=1S/C32H57N3O4S/c1-8-11-14-17-18-19-22-33-31(38)34-28-26(30(37)39-32(5,6)7)25(4)27(40-28)29(36)35(23-20-15-12-9-2)24-21-16-13-10-3/h8-24H2,1-7H3,(H2,33,34,38). The van der Waals surface area contributed by atoms with Crippen LogP contribution in [0.4, 0.5) is 9.80 Å². The van der Waals surface area contributed by atoms with E-state index in [4.69, 9.17) is 4.74 Å². The quantitative estimate of drug-likeness (QED) is 0.119. The van der Waals surface area contributed by atoms with Gasteiger partial charge in [0.15, 0.2) is 0 Å². The van der Waals surface area contributed by atoms with E-state index in [2.05, 4.69) is 31.4 Å². The smallest absolute Gasteiger partial charge is 0.341 e. The van der Waals surface area contributed by atoms with Crippen molar-refractivity contribution in [3.8, 4) is 0 Å². The van der Waals surface area contributed by atoms with E-state index in [-0.39, 0.29) is 17.5 Å². The Kier molecular flexibility index (Phi) is 17.9. The summed E-state index contributed by atoms with van der Waals surface area (Å²) in [7, 11) is 0. The number of hydrogen-bond acceptors (Lipinski definition) is 5. The fourth-order valence-electron chi connectivity index (χ4n) is 4.55. The van der Waals surface area contributed by atoms with Crippen molar-refractivity contribution in [2.24, 2.45) is 0 Å². The van der Waals surface area contributed by atoms with Gasteiger partial charge in [-0.15, -0.1) is 11.3 Å². The summed E-state index contributed by atoms with van der Waals surface area (Å²) in [5.74, 6) is -0.593. The average Bonchev–Trinajstić information content (AvgIpc) is 3.21. The molecule has 0 saturated carbocycles. The first-order valence-corrected chi connectivity index (χ1v) is 16.6. The van der Waals surface area contributed by atoms with Crippen LogP contribution in [0.15, 0.2) is 0 Å². The Morgan fingerprint density at radius 2 is 1.27 bits per heavy atom. The summed E-state index contributed by atoms with van der Waals surface area (Å²) in [4.78, 5) is 42.3. The van der Waals surface area contributed by atoms with Gasteiger partial charge in [0, 0.05) is 19.6 Å². The second kappa shape index (κ2) is 19.9. The number of ether oxygens (including phenoxy) is 1. The summed E-state index contributed by atoms with van der Waals surface area (Å²) in [5.41, 5.74) is 0.148. The highest BCUT2D eigenvalue weighted by Gasteiger charge is 2.30. The van der Waals surface area contributed by atoms with E-state index in [0.29, 0.717) is 35.1 Å². The molecule has 7 nitrogen and oxygen atoms in total. The predicted octanol–water partition coefficient (Wildman–Crippen LogP) is 9.10. The van der Waals surface area contributed by atoms with E-state index in [0.717, 1.165) is 64.2 Å². The lowest BCUT2D eigenvalue weighted by molar-refractivity contribution is 0.00705. The van der Waals surface area contributed by atoms with Crippen LogP contribution in [-0.4, -0.2) is 48.0 Å². The van der Waals surface area contributed by atoms with E-state index >= 15 is 0 Å². The number of nitrogens with one attached hydrogen (secondary N) is 2. The molecule has 0 aromatic carbocycles. The molecule has 1 rings (SSSR count). The lowest BCUT2D eigenvalue weighted by Gasteiger charge is -2.23. The largest absolute Gasteiger partial charge is 0.456 e. The summed E-state index contributed by atoms with van der Waals surface area (Å²) >= 11 is 1.18. The first-order chi connectivity index (χ1) is 19.1. The van der Waals surface area contributed by atoms with Gasteiger partial charge >= 0.3 is 12.0 Å². The van der Waals surface area contributed by atoms with Gasteiger partial charge < -0.3 is 15.0 Å². The van der Waals surface area contributed by atoms with Crippen LogP contribution in [-0.2, 0) is 4.74 Å². The molecule has 0 bridgehead atoms. The van der Waals surface area contributed by atoms with Crippen LogP contribution in [0.25, 0.3) is 0 Å². The minimum atomic E-state index is -0.697. The molecule has 8 heteroatoms.